The van der Waals surface area contributed by atoms with E-state index in [0.717, 1.165) is 57.7 Å². The summed E-state index contributed by atoms with van der Waals surface area (Å²) in [6.07, 6.45) is 2.67. The molecule has 9 nitrogen and oxygen atoms in total. The number of morpholine rings is 1. The minimum absolute atomic E-state index is 0.0753. The molecule has 1 saturated heterocycles. The quantitative estimate of drug-likeness (QED) is 0.476. The van der Waals surface area contributed by atoms with Crippen LogP contribution in [0.5, 0.6) is 5.75 Å². The zero-order valence-corrected chi connectivity index (χ0v) is 18.9. The van der Waals surface area contributed by atoms with Crippen LogP contribution in [-0.2, 0) is 17.8 Å². The van der Waals surface area contributed by atoms with E-state index in [9.17, 15) is 9.59 Å². The molecule has 9 heteroatoms. The lowest BCUT2D eigenvalue weighted by Gasteiger charge is -2.26. The fourth-order valence-electron chi connectivity index (χ4n) is 4.89. The van der Waals surface area contributed by atoms with E-state index in [1.807, 2.05) is 18.2 Å². The van der Waals surface area contributed by atoms with Gasteiger partial charge in [0.1, 0.15) is 17.0 Å². The minimum Gasteiger partial charge on any atom is -0.491 e. The molecule has 2 aromatic carbocycles. The number of fused-ring (bicyclic) bond motifs is 3. The molecule has 4 aromatic rings. The Hall–Kier alpha value is -3.43. The number of aryl methyl sites for hydroxylation is 1. The number of hydrogen-bond acceptors (Lipinski definition) is 6. The molecule has 6 rings (SSSR count). The van der Waals surface area contributed by atoms with E-state index in [1.165, 1.54) is 0 Å². The first kappa shape index (κ1) is 21.1. The van der Waals surface area contributed by atoms with Gasteiger partial charge in [-0.15, -0.1) is 0 Å². The van der Waals surface area contributed by atoms with Crippen LogP contribution in [0.3, 0.4) is 0 Å². The molecule has 34 heavy (non-hydrogen) atoms. The van der Waals surface area contributed by atoms with E-state index < -0.39 is 0 Å². The van der Waals surface area contributed by atoms with Gasteiger partial charge in [-0.1, -0.05) is 12.1 Å². The van der Waals surface area contributed by atoms with Gasteiger partial charge in [-0.05, 0) is 43.0 Å². The standard InChI is InChI=1S/C25H27N5O4/c31-24-22-17-5-4-6-18-21(17)28-30(25(18)32)7-2-1-3-10-34-20-14-16(13-19(26-24)23(20)27-22)15-29-8-11-33-12-9-29/h4-6,13-14,28H,1-3,7-12,15H2,(H,26,31). The highest BCUT2D eigenvalue weighted by Crippen LogP contribution is 2.29. The molecule has 0 unspecified atom stereocenters. The SMILES string of the molecule is O=c1[nH]c2cc(CN3CCOCC3)cc3c2nc1-c1cccc2c(=O)n([nH]c12)CCCCCO3. The number of rotatable bonds is 2. The van der Waals surface area contributed by atoms with E-state index >= 15 is 0 Å². The Kier molecular flexibility index (Phi) is 5.43. The van der Waals surface area contributed by atoms with Crippen LogP contribution in [0.2, 0.25) is 0 Å². The normalized spacial score (nSPS) is 17.3. The molecule has 0 atom stereocenters. The predicted octanol–water partition coefficient (Wildman–Crippen LogP) is 2.63. The first-order valence-corrected chi connectivity index (χ1v) is 11.9. The van der Waals surface area contributed by atoms with Crippen molar-refractivity contribution in [1.82, 2.24) is 24.6 Å². The average Bonchev–Trinajstić information content (AvgIpc) is 3.17. The number of aromatic amines is 2. The number of nitrogens with one attached hydrogen (secondary N) is 2. The van der Waals surface area contributed by atoms with E-state index in [-0.39, 0.29) is 16.8 Å². The number of benzene rings is 2. The topological polar surface area (TPSA) is 105 Å². The molecular weight excluding hydrogens is 434 g/mol. The van der Waals surface area contributed by atoms with Crippen molar-refractivity contribution in [3.05, 3.63) is 56.6 Å². The maximum Gasteiger partial charge on any atom is 0.275 e. The molecule has 0 saturated carbocycles. The van der Waals surface area contributed by atoms with Crippen molar-refractivity contribution in [2.45, 2.75) is 32.4 Å². The van der Waals surface area contributed by atoms with Crippen LogP contribution < -0.4 is 15.9 Å². The van der Waals surface area contributed by atoms with E-state index in [1.54, 1.807) is 16.8 Å². The molecular formula is C25H27N5O4. The van der Waals surface area contributed by atoms with Crippen LogP contribution in [0.15, 0.2) is 39.9 Å². The smallest absolute Gasteiger partial charge is 0.275 e. The zero-order valence-electron chi connectivity index (χ0n) is 18.9. The van der Waals surface area contributed by atoms with Gasteiger partial charge in [-0.25, -0.2) is 4.98 Å². The van der Waals surface area contributed by atoms with Gasteiger partial charge in [0.2, 0.25) is 0 Å². The molecule has 0 radical (unpaired) electrons. The van der Waals surface area contributed by atoms with Crippen molar-refractivity contribution >= 4 is 21.9 Å². The van der Waals surface area contributed by atoms with E-state index in [0.29, 0.717) is 46.4 Å². The van der Waals surface area contributed by atoms with Gasteiger partial charge in [0.25, 0.3) is 11.1 Å². The first-order chi connectivity index (χ1) is 16.7. The molecule has 2 aliphatic rings. The van der Waals surface area contributed by atoms with Gasteiger partial charge in [0, 0.05) is 31.7 Å². The summed E-state index contributed by atoms with van der Waals surface area (Å²) in [5.74, 6) is 0.675. The predicted molar refractivity (Wildman–Crippen MR) is 129 cm³/mol. The van der Waals surface area contributed by atoms with Crippen LogP contribution in [0.4, 0.5) is 0 Å². The zero-order chi connectivity index (χ0) is 23.1. The molecule has 2 aromatic heterocycles. The molecule has 4 heterocycles. The highest BCUT2D eigenvalue weighted by molar-refractivity contribution is 5.93. The third-order valence-electron chi connectivity index (χ3n) is 6.66. The third kappa shape index (κ3) is 3.80. The van der Waals surface area contributed by atoms with Crippen molar-refractivity contribution in [2.24, 2.45) is 0 Å². The summed E-state index contributed by atoms with van der Waals surface area (Å²) in [7, 11) is 0. The fourth-order valence-corrected chi connectivity index (χ4v) is 4.89. The lowest BCUT2D eigenvalue weighted by atomic mass is 10.1. The summed E-state index contributed by atoms with van der Waals surface area (Å²) < 4.78 is 13.3. The number of para-hydroxylation sites is 1. The van der Waals surface area contributed by atoms with Gasteiger partial charge in [-0.2, -0.15) is 0 Å². The van der Waals surface area contributed by atoms with E-state index in [4.69, 9.17) is 14.5 Å². The van der Waals surface area contributed by atoms with Crippen molar-refractivity contribution in [2.75, 3.05) is 32.9 Å². The monoisotopic (exact) mass is 461 g/mol. The maximum absolute atomic E-state index is 13.2. The van der Waals surface area contributed by atoms with Crippen molar-refractivity contribution in [1.29, 1.82) is 0 Å². The Morgan fingerprint density at radius 2 is 1.88 bits per heavy atom. The second-order valence-corrected chi connectivity index (χ2v) is 9.00. The van der Waals surface area contributed by atoms with Crippen LogP contribution in [0.1, 0.15) is 24.8 Å². The highest BCUT2D eigenvalue weighted by Gasteiger charge is 2.19. The second-order valence-electron chi connectivity index (χ2n) is 9.00. The Balaban J connectivity index is 1.52. The Morgan fingerprint density at radius 1 is 1.00 bits per heavy atom. The molecule has 2 aliphatic heterocycles. The molecule has 0 aliphatic carbocycles. The summed E-state index contributed by atoms with van der Waals surface area (Å²) in [5, 5.41) is 3.78. The number of hydrogen-bond donors (Lipinski definition) is 2. The van der Waals surface area contributed by atoms with Crippen LogP contribution in [0.25, 0.3) is 33.2 Å². The first-order valence-electron chi connectivity index (χ1n) is 11.9. The lowest BCUT2D eigenvalue weighted by Crippen LogP contribution is -2.35. The summed E-state index contributed by atoms with van der Waals surface area (Å²) in [4.78, 5) is 36.2. The van der Waals surface area contributed by atoms with Gasteiger partial charge in [-0.3, -0.25) is 24.3 Å². The Bertz CT molecular complexity index is 1480. The number of aromatic nitrogens is 4. The minimum atomic E-state index is -0.296. The second kappa shape index (κ2) is 8.73. The molecule has 4 bridgehead atoms. The number of H-pyrrole nitrogens is 2. The van der Waals surface area contributed by atoms with Crippen molar-refractivity contribution < 1.29 is 9.47 Å². The third-order valence-corrected chi connectivity index (χ3v) is 6.66. The van der Waals surface area contributed by atoms with Crippen molar-refractivity contribution in [3.63, 3.8) is 0 Å². The summed E-state index contributed by atoms with van der Waals surface area (Å²) in [6.45, 7) is 5.12. The molecule has 0 spiro atoms. The van der Waals surface area contributed by atoms with Gasteiger partial charge >= 0.3 is 0 Å². The average molecular weight is 462 g/mol. The van der Waals surface area contributed by atoms with Gasteiger partial charge in [0.05, 0.1) is 36.2 Å². The summed E-state index contributed by atoms with van der Waals surface area (Å²) in [5.41, 5.74) is 3.48. The Labute approximate surface area is 195 Å². The van der Waals surface area contributed by atoms with Crippen LogP contribution >= 0.6 is 0 Å². The highest BCUT2D eigenvalue weighted by atomic mass is 16.5. The molecule has 2 N–H and O–H groups in total. The summed E-state index contributed by atoms with van der Waals surface area (Å²) >= 11 is 0. The van der Waals surface area contributed by atoms with Gasteiger partial charge in [0.15, 0.2) is 0 Å². The maximum atomic E-state index is 13.2. The van der Waals surface area contributed by atoms with Crippen molar-refractivity contribution in [3.8, 4) is 17.0 Å². The fraction of sp³-hybridized carbons (Fsp3) is 0.400. The number of nitrogens with zero attached hydrogens (tertiary/aromatic N) is 3. The molecule has 0 amide bonds. The largest absolute Gasteiger partial charge is 0.491 e. The number of ether oxygens (including phenoxy) is 2. The molecule has 176 valence electrons. The van der Waals surface area contributed by atoms with E-state index in [2.05, 4.69) is 15.0 Å². The van der Waals surface area contributed by atoms with Crippen LogP contribution in [0, 0.1) is 0 Å². The molecule has 1 fully saturated rings. The summed E-state index contributed by atoms with van der Waals surface area (Å²) in [6, 6.07) is 9.43. The van der Waals surface area contributed by atoms with Crippen LogP contribution in [-0.4, -0.2) is 57.6 Å². The lowest BCUT2D eigenvalue weighted by molar-refractivity contribution is 0.0342. The van der Waals surface area contributed by atoms with Gasteiger partial charge < -0.3 is 14.5 Å². The Morgan fingerprint density at radius 3 is 2.76 bits per heavy atom.